The molecule has 1 aliphatic heterocycles. The number of aromatic nitrogens is 1. The third-order valence-corrected chi connectivity index (χ3v) is 6.97. The zero-order valence-corrected chi connectivity index (χ0v) is 14.8. The third-order valence-electron chi connectivity index (χ3n) is 4.21. The van der Waals surface area contributed by atoms with Crippen LogP contribution in [-0.4, -0.2) is 24.3 Å². The second-order valence-corrected chi connectivity index (χ2v) is 8.69. The summed E-state index contributed by atoms with van der Waals surface area (Å²) >= 11 is 1.48. The predicted molar refractivity (Wildman–Crippen MR) is 88.5 cm³/mol. The fourth-order valence-electron chi connectivity index (χ4n) is 3.03. The summed E-state index contributed by atoms with van der Waals surface area (Å²) in [7, 11) is -3.67. The van der Waals surface area contributed by atoms with E-state index in [0.29, 0.717) is 17.7 Å². The number of aryl methyl sites for hydroxylation is 2. The summed E-state index contributed by atoms with van der Waals surface area (Å²) in [6, 6.07) is 2.62. The Hall–Kier alpha value is -1.31. The normalized spacial score (nSPS) is 19.9. The molecule has 1 aromatic carbocycles. The van der Waals surface area contributed by atoms with Crippen molar-refractivity contribution in [3.8, 4) is 0 Å². The highest BCUT2D eigenvalue weighted by Gasteiger charge is 2.36. The van der Waals surface area contributed by atoms with Crippen LogP contribution in [0.3, 0.4) is 0 Å². The molecule has 23 heavy (non-hydrogen) atoms. The molecular formula is C16H19FN2O2S2. The van der Waals surface area contributed by atoms with Gasteiger partial charge < -0.3 is 0 Å². The highest BCUT2D eigenvalue weighted by molar-refractivity contribution is 7.89. The third kappa shape index (κ3) is 3.05. The first-order valence-corrected chi connectivity index (χ1v) is 9.91. The van der Waals surface area contributed by atoms with Crippen LogP contribution in [0.5, 0.6) is 0 Å². The summed E-state index contributed by atoms with van der Waals surface area (Å²) in [5.74, 6) is -0.348. The van der Waals surface area contributed by atoms with Crippen LogP contribution in [0.1, 0.15) is 41.4 Å². The number of sulfonamides is 1. The molecular weight excluding hydrogens is 335 g/mol. The van der Waals surface area contributed by atoms with Crippen molar-refractivity contribution in [1.82, 2.24) is 9.29 Å². The van der Waals surface area contributed by atoms with Crippen LogP contribution >= 0.6 is 11.3 Å². The molecule has 0 bridgehead atoms. The van der Waals surface area contributed by atoms with E-state index in [1.54, 1.807) is 20.0 Å². The summed E-state index contributed by atoms with van der Waals surface area (Å²) in [6.07, 6.45) is 4.29. The largest absolute Gasteiger partial charge is 0.248 e. The first-order valence-electron chi connectivity index (χ1n) is 7.59. The van der Waals surface area contributed by atoms with Gasteiger partial charge in [-0.2, -0.15) is 4.31 Å². The van der Waals surface area contributed by atoms with Gasteiger partial charge in [-0.3, -0.25) is 0 Å². The average molecular weight is 354 g/mol. The Bertz CT molecular complexity index is 780. The molecule has 0 saturated carbocycles. The van der Waals surface area contributed by atoms with E-state index in [1.807, 2.05) is 5.38 Å². The van der Waals surface area contributed by atoms with Gasteiger partial charge in [0, 0.05) is 18.1 Å². The Labute approximate surface area is 140 Å². The van der Waals surface area contributed by atoms with Crippen LogP contribution in [0.15, 0.2) is 28.6 Å². The van der Waals surface area contributed by atoms with Crippen molar-refractivity contribution in [2.45, 2.75) is 44.0 Å². The van der Waals surface area contributed by atoms with Gasteiger partial charge in [-0.25, -0.2) is 17.8 Å². The zero-order chi connectivity index (χ0) is 16.6. The molecule has 4 nitrogen and oxygen atoms in total. The van der Waals surface area contributed by atoms with Crippen LogP contribution in [0, 0.1) is 19.7 Å². The van der Waals surface area contributed by atoms with Gasteiger partial charge in [0.1, 0.15) is 10.8 Å². The molecule has 1 fully saturated rings. The van der Waals surface area contributed by atoms with E-state index in [-0.39, 0.29) is 16.8 Å². The Balaban J connectivity index is 2.03. The van der Waals surface area contributed by atoms with Crippen molar-refractivity contribution in [2.75, 3.05) is 6.54 Å². The van der Waals surface area contributed by atoms with Crippen molar-refractivity contribution in [3.63, 3.8) is 0 Å². The average Bonchev–Trinajstić information content (AvgIpc) is 3.06. The molecule has 0 aliphatic carbocycles. The monoisotopic (exact) mass is 354 g/mol. The first-order chi connectivity index (χ1) is 10.9. The molecule has 0 N–H and O–H groups in total. The van der Waals surface area contributed by atoms with Gasteiger partial charge in [-0.05, 0) is 49.9 Å². The highest BCUT2D eigenvalue weighted by atomic mass is 32.2. The second kappa shape index (κ2) is 6.30. The summed E-state index contributed by atoms with van der Waals surface area (Å²) in [5, 5.41) is 2.69. The van der Waals surface area contributed by atoms with Crippen molar-refractivity contribution in [2.24, 2.45) is 0 Å². The number of piperidine rings is 1. The molecule has 3 rings (SSSR count). The standard InChI is InChI=1S/C16H19FN2O2S2/c1-11-9-13(10-12(2)15(11)17)23(20,21)19-7-4-3-5-14(19)16-18-6-8-22-16/h6,8-10,14H,3-5,7H2,1-2H3. The minimum absolute atomic E-state index is 0.164. The van der Waals surface area contributed by atoms with Gasteiger partial charge >= 0.3 is 0 Å². The Morgan fingerprint density at radius 3 is 2.57 bits per heavy atom. The van der Waals surface area contributed by atoms with Gasteiger partial charge in [-0.1, -0.05) is 6.42 Å². The fraction of sp³-hybridized carbons (Fsp3) is 0.438. The SMILES string of the molecule is Cc1cc(S(=O)(=O)N2CCCCC2c2nccs2)cc(C)c1F. The van der Waals surface area contributed by atoms with E-state index < -0.39 is 10.0 Å². The van der Waals surface area contributed by atoms with E-state index in [9.17, 15) is 12.8 Å². The van der Waals surface area contributed by atoms with Gasteiger partial charge in [0.05, 0.1) is 10.9 Å². The number of halogens is 1. The van der Waals surface area contributed by atoms with Crippen LogP contribution in [-0.2, 0) is 10.0 Å². The fourth-order valence-corrected chi connectivity index (χ4v) is 5.71. The predicted octanol–water partition coefficient (Wildman–Crippen LogP) is 3.81. The van der Waals surface area contributed by atoms with E-state index in [0.717, 1.165) is 24.3 Å². The van der Waals surface area contributed by atoms with Crippen LogP contribution in [0.25, 0.3) is 0 Å². The van der Waals surface area contributed by atoms with Gasteiger partial charge in [0.2, 0.25) is 10.0 Å². The summed E-state index contributed by atoms with van der Waals surface area (Å²) in [4.78, 5) is 4.46. The zero-order valence-electron chi connectivity index (χ0n) is 13.1. The molecule has 1 saturated heterocycles. The molecule has 1 aromatic heterocycles. The lowest BCUT2D eigenvalue weighted by atomic mass is 10.1. The molecule has 0 radical (unpaired) electrons. The van der Waals surface area contributed by atoms with Crippen molar-refractivity contribution in [1.29, 1.82) is 0 Å². The van der Waals surface area contributed by atoms with Crippen molar-refractivity contribution >= 4 is 21.4 Å². The van der Waals surface area contributed by atoms with Crippen molar-refractivity contribution in [3.05, 3.63) is 45.7 Å². The number of rotatable bonds is 3. The number of benzene rings is 1. The molecule has 2 aromatic rings. The summed E-state index contributed by atoms with van der Waals surface area (Å²) in [5.41, 5.74) is 0.706. The lowest BCUT2D eigenvalue weighted by Crippen LogP contribution is -2.38. The molecule has 2 heterocycles. The van der Waals surface area contributed by atoms with E-state index in [1.165, 1.54) is 27.8 Å². The lowest BCUT2D eigenvalue weighted by molar-refractivity contribution is 0.255. The molecule has 0 spiro atoms. The Morgan fingerprint density at radius 2 is 1.96 bits per heavy atom. The molecule has 1 atom stereocenters. The molecule has 124 valence electrons. The minimum atomic E-state index is -3.67. The van der Waals surface area contributed by atoms with Gasteiger partial charge in [0.25, 0.3) is 0 Å². The Morgan fingerprint density at radius 1 is 1.26 bits per heavy atom. The number of thiazole rings is 1. The topological polar surface area (TPSA) is 50.3 Å². The van der Waals surface area contributed by atoms with E-state index in [2.05, 4.69) is 4.98 Å². The maximum Gasteiger partial charge on any atom is 0.243 e. The van der Waals surface area contributed by atoms with E-state index >= 15 is 0 Å². The quantitative estimate of drug-likeness (QED) is 0.842. The molecule has 0 amide bonds. The van der Waals surface area contributed by atoms with Crippen LogP contribution in [0.2, 0.25) is 0 Å². The summed E-state index contributed by atoms with van der Waals surface area (Å²) < 4.78 is 41.5. The van der Waals surface area contributed by atoms with E-state index in [4.69, 9.17) is 0 Å². The van der Waals surface area contributed by atoms with Crippen LogP contribution < -0.4 is 0 Å². The van der Waals surface area contributed by atoms with Crippen molar-refractivity contribution < 1.29 is 12.8 Å². The maximum absolute atomic E-state index is 13.8. The number of nitrogens with zero attached hydrogens (tertiary/aromatic N) is 2. The lowest BCUT2D eigenvalue weighted by Gasteiger charge is -2.33. The van der Waals surface area contributed by atoms with Gasteiger partial charge in [-0.15, -0.1) is 11.3 Å². The second-order valence-electron chi connectivity index (χ2n) is 5.87. The van der Waals surface area contributed by atoms with Gasteiger partial charge in [0.15, 0.2) is 0 Å². The minimum Gasteiger partial charge on any atom is -0.248 e. The summed E-state index contributed by atoms with van der Waals surface area (Å²) in [6.45, 7) is 3.66. The number of hydrogen-bond acceptors (Lipinski definition) is 4. The molecule has 1 unspecified atom stereocenters. The highest BCUT2D eigenvalue weighted by Crippen LogP contribution is 2.36. The Kier molecular flexibility index (Phi) is 4.53. The first kappa shape index (κ1) is 16.5. The molecule has 1 aliphatic rings. The molecule has 7 heteroatoms. The maximum atomic E-state index is 13.8. The number of hydrogen-bond donors (Lipinski definition) is 0. The smallest absolute Gasteiger partial charge is 0.243 e. The van der Waals surface area contributed by atoms with Crippen LogP contribution in [0.4, 0.5) is 4.39 Å².